The van der Waals surface area contributed by atoms with Crippen molar-refractivity contribution in [3.63, 3.8) is 0 Å². The summed E-state index contributed by atoms with van der Waals surface area (Å²) in [5, 5.41) is 3.96. The molecular weight excluding hydrogens is 177 g/mol. The van der Waals surface area contributed by atoms with Gasteiger partial charge in [-0.05, 0) is 17.9 Å². The highest BCUT2D eigenvalue weighted by atomic mass is 31.0. The van der Waals surface area contributed by atoms with Gasteiger partial charge in [0.25, 0.3) is 0 Å². The van der Waals surface area contributed by atoms with Crippen LogP contribution in [-0.2, 0) is 0 Å². The Bertz CT molecular complexity index is 568. The fraction of sp³-hybridized carbons (Fsp3) is 0. The van der Waals surface area contributed by atoms with Gasteiger partial charge in [-0.1, -0.05) is 18.2 Å². The van der Waals surface area contributed by atoms with Gasteiger partial charge in [0.2, 0.25) is 0 Å². The van der Waals surface area contributed by atoms with Crippen LogP contribution in [0, 0.1) is 0 Å². The van der Waals surface area contributed by atoms with Crippen LogP contribution >= 0.6 is 8.19 Å². The predicted octanol–water partition coefficient (Wildman–Crippen LogP) is 3.42. The molecule has 0 fully saturated rings. The third-order valence-corrected chi connectivity index (χ3v) is 3.41. The predicted molar refractivity (Wildman–Crippen MR) is 58.8 cm³/mol. The molecule has 1 atom stereocenters. The number of benzene rings is 1. The van der Waals surface area contributed by atoms with Crippen LogP contribution in [0.2, 0.25) is 0 Å². The number of fused-ring (bicyclic) bond motifs is 3. The van der Waals surface area contributed by atoms with E-state index in [2.05, 4.69) is 41.1 Å². The SMILES string of the molecule is c1c[pH]c2ccc3ccnc3c2c1. The minimum absolute atomic E-state index is 0.797. The van der Waals surface area contributed by atoms with E-state index in [1.165, 1.54) is 15.9 Å². The van der Waals surface area contributed by atoms with Crippen molar-refractivity contribution in [1.29, 1.82) is 0 Å². The number of nitrogens with zero attached hydrogens (tertiary/aromatic N) is 1. The van der Waals surface area contributed by atoms with E-state index in [-0.39, 0.29) is 0 Å². The number of rotatable bonds is 0. The van der Waals surface area contributed by atoms with Crippen molar-refractivity contribution in [3.8, 4) is 0 Å². The van der Waals surface area contributed by atoms with Gasteiger partial charge in [0, 0.05) is 22.1 Å². The van der Waals surface area contributed by atoms with Gasteiger partial charge in [-0.3, -0.25) is 4.98 Å². The largest absolute Gasteiger partial charge is 0.256 e. The van der Waals surface area contributed by atoms with Gasteiger partial charge < -0.3 is 0 Å². The molecule has 0 saturated carbocycles. The van der Waals surface area contributed by atoms with Gasteiger partial charge in [-0.15, -0.1) is 8.19 Å². The molecule has 0 saturated heterocycles. The fourth-order valence-electron chi connectivity index (χ4n) is 1.67. The monoisotopic (exact) mass is 185 g/mol. The third-order valence-electron chi connectivity index (χ3n) is 2.30. The Kier molecular flexibility index (Phi) is 1.41. The van der Waals surface area contributed by atoms with Crippen molar-refractivity contribution in [3.05, 3.63) is 42.3 Å². The maximum absolute atomic E-state index is 4.37. The molecule has 1 unspecified atom stereocenters. The highest BCUT2D eigenvalue weighted by Gasteiger charge is 1.99. The summed E-state index contributed by atoms with van der Waals surface area (Å²) in [5.74, 6) is 2.21. The quantitative estimate of drug-likeness (QED) is 0.523. The first-order chi connectivity index (χ1) is 6.45. The van der Waals surface area contributed by atoms with E-state index in [9.17, 15) is 0 Å². The summed E-state index contributed by atoms with van der Waals surface area (Å²) >= 11 is 0. The molecule has 3 rings (SSSR count). The highest BCUT2D eigenvalue weighted by molar-refractivity contribution is 7.36. The van der Waals surface area contributed by atoms with Crippen molar-refractivity contribution < 1.29 is 0 Å². The van der Waals surface area contributed by atoms with Crippen molar-refractivity contribution in [1.82, 2.24) is 4.98 Å². The molecule has 0 amide bonds. The van der Waals surface area contributed by atoms with Crippen LogP contribution < -0.4 is 0 Å². The average molecular weight is 185 g/mol. The molecule has 0 bridgehead atoms. The van der Waals surface area contributed by atoms with Crippen LogP contribution in [0.1, 0.15) is 0 Å². The van der Waals surface area contributed by atoms with Crippen LogP contribution in [0.15, 0.2) is 42.3 Å². The Balaban J connectivity index is 2.65. The van der Waals surface area contributed by atoms with Crippen molar-refractivity contribution in [2.24, 2.45) is 0 Å². The second-order valence-electron chi connectivity index (χ2n) is 3.08. The summed E-state index contributed by atoms with van der Waals surface area (Å²) in [7, 11) is 0.797. The van der Waals surface area contributed by atoms with Crippen LogP contribution in [0.5, 0.6) is 0 Å². The molecule has 2 aromatic heterocycles. The summed E-state index contributed by atoms with van der Waals surface area (Å²) in [6.45, 7) is 0. The lowest BCUT2D eigenvalue weighted by molar-refractivity contribution is 1.49. The van der Waals surface area contributed by atoms with E-state index in [4.69, 9.17) is 0 Å². The van der Waals surface area contributed by atoms with Crippen LogP contribution in [0.25, 0.3) is 21.4 Å². The number of hydrogen-bond donors (Lipinski definition) is 0. The van der Waals surface area contributed by atoms with E-state index in [0.29, 0.717) is 0 Å². The molecular formula is C11H8NP. The van der Waals surface area contributed by atoms with Gasteiger partial charge in [-0.25, -0.2) is 0 Å². The van der Waals surface area contributed by atoms with Gasteiger partial charge in [0.05, 0.1) is 5.52 Å². The van der Waals surface area contributed by atoms with E-state index in [0.717, 1.165) is 13.7 Å². The zero-order valence-corrected chi connectivity index (χ0v) is 7.99. The summed E-state index contributed by atoms with van der Waals surface area (Å²) in [6, 6.07) is 10.7. The maximum Gasteiger partial charge on any atom is 0.0784 e. The number of hydrogen-bond acceptors (Lipinski definition) is 1. The van der Waals surface area contributed by atoms with E-state index in [1.807, 2.05) is 6.20 Å². The highest BCUT2D eigenvalue weighted by Crippen LogP contribution is 2.28. The Labute approximate surface area is 77.5 Å². The normalized spacial score (nSPS) is 11.7. The molecule has 0 aliphatic heterocycles. The third kappa shape index (κ3) is 0.976. The lowest BCUT2D eigenvalue weighted by Crippen LogP contribution is -1.70. The van der Waals surface area contributed by atoms with E-state index in [1.54, 1.807) is 0 Å². The van der Waals surface area contributed by atoms with Gasteiger partial charge in [-0.2, -0.15) is 0 Å². The second kappa shape index (κ2) is 2.58. The zero-order chi connectivity index (χ0) is 8.67. The lowest BCUT2D eigenvalue weighted by atomic mass is 10.2. The lowest BCUT2D eigenvalue weighted by Gasteiger charge is -1.97. The standard InChI is InChI=1S/C11H8NP/c1-2-9-10(13-7-1)4-3-8-5-6-12-11(8)9/h1-7,13H. The van der Waals surface area contributed by atoms with Crippen LogP contribution in [0.3, 0.4) is 0 Å². The molecule has 62 valence electrons. The topological polar surface area (TPSA) is 12.9 Å². The first-order valence-corrected chi connectivity index (χ1v) is 5.34. The smallest absolute Gasteiger partial charge is 0.0784 e. The summed E-state index contributed by atoms with van der Waals surface area (Å²) < 4.78 is 0. The molecule has 0 aliphatic rings. The van der Waals surface area contributed by atoms with Crippen molar-refractivity contribution in [2.45, 2.75) is 0 Å². The van der Waals surface area contributed by atoms with E-state index >= 15 is 0 Å². The Morgan fingerprint density at radius 2 is 2.08 bits per heavy atom. The van der Waals surface area contributed by atoms with Gasteiger partial charge in [0.15, 0.2) is 0 Å². The van der Waals surface area contributed by atoms with Crippen LogP contribution in [-0.4, -0.2) is 4.98 Å². The Morgan fingerprint density at radius 1 is 1.08 bits per heavy atom. The first-order valence-electron chi connectivity index (χ1n) is 4.26. The minimum atomic E-state index is 0.797. The molecule has 2 heteroatoms. The average Bonchev–Trinajstić information content (AvgIpc) is 2.65. The molecule has 1 nitrogen and oxygen atoms in total. The molecule has 0 aliphatic carbocycles. The van der Waals surface area contributed by atoms with Gasteiger partial charge >= 0.3 is 0 Å². The zero-order valence-electron chi connectivity index (χ0n) is 6.99. The molecule has 3 aromatic rings. The Morgan fingerprint density at radius 3 is 3.08 bits per heavy atom. The van der Waals surface area contributed by atoms with Crippen molar-refractivity contribution >= 4 is 29.6 Å². The van der Waals surface area contributed by atoms with E-state index < -0.39 is 0 Å². The molecule has 0 N–H and O–H groups in total. The first kappa shape index (κ1) is 7.11. The number of aromatic nitrogens is 1. The summed E-state index contributed by atoms with van der Waals surface area (Å²) in [4.78, 5) is 4.37. The molecule has 1 aromatic carbocycles. The summed E-state index contributed by atoms with van der Waals surface area (Å²) in [6.07, 6.45) is 1.88. The van der Waals surface area contributed by atoms with Gasteiger partial charge in [0.1, 0.15) is 0 Å². The summed E-state index contributed by atoms with van der Waals surface area (Å²) in [5.41, 5.74) is 1.15. The fourth-order valence-corrected chi connectivity index (χ4v) is 2.58. The Hall–Kier alpha value is -1.33. The van der Waals surface area contributed by atoms with Crippen LogP contribution in [0.4, 0.5) is 0 Å². The second-order valence-corrected chi connectivity index (χ2v) is 4.24. The maximum atomic E-state index is 4.37. The molecule has 0 spiro atoms. The molecule has 2 heterocycles. The molecule has 0 radical (unpaired) electrons. The van der Waals surface area contributed by atoms with Crippen molar-refractivity contribution in [2.75, 3.05) is 0 Å². The minimum Gasteiger partial charge on any atom is -0.256 e. The molecule has 13 heavy (non-hydrogen) atoms.